The van der Waals surface area contributed by atoms with Crippen LogP contribution >= 0.6 is 11.6 Å². The standard InChI is InChI=1S/C29H24ClNO7/c1-15-6-5-7-19(10-15)31-25(17-13-22(35-2)28(37-4)23(14-17)36-3)24(27(33)29(31)34)26(32)21-12-16-11-18(30)8-9-20(16)38-21/h5-14,25,33H,1-4H3. The predicted octanol–water partition coefficient (Wildman–Crippen LogP) is 6.20. The molecule has 0 saturated heterocycles. The highest BCUT2D eigenvalue weighted by atomic mass is 35.5. The second kappa shape index (κ2) is 9.79. The van der Waals surface area contributed by atoms with E-state index in [4.69, 9.17) is 30.2 Å². The van der Waals surface area contributed by atoms with Gasteiger partial charge in [-0.2, -0.15) is 0 Å². The molecule has 0 aliphatic carbocycles. The molecule has 5 rings (SSSR count). The average Bonchev–Trinajstić information content (AvgIpc) is 3.45. The first-order chi connectivity index (χ1) is 18.3. The molecule has 0 saturated carbocycles. The van der Waals surface area contributed by atoms with Crippen molar-refractivity contribution in [2.24, 2.45) is 0 Å². The van der Waals surface area contributed by atoms with Gasteiger partial charge in [0.2, 0.25) is 11.5 Å². The van der Waals surface area contributed by atoms with E-state index in [9.17, 15) is 14.7 Å². The molecule has 38 heavy (non-hydrogen) atoms. The van der Waals surface area contributed by atoms with Crippen LogP contribution in [0.3, 0.4) is 0 Å². The quantitative estimate of drug-likeness (QED) is 0.282. The number of aryl methyl sites for hydroxylation is 1. The summed E-state index contributed by atoms with van der Waals surface area (Å²) in [6.45, 7) is 1.89. The Balaban J connectivity index is 1.72. The zero-order valence-electron chi connectivity index (χ0n) is 21.1. The number of carbonyl (C=O) groups excluding carboxylic acids is 2. The number of furan rings is 1. The van der Waals surface area contributed by atoms with Gasteiger partial charge in [0.1, 0.15) is 5.58 Å². The van der Waals surface area contributed by atoms with Crippen LogP contribution in [0, 0.1) is 6.92 Å². The predicted molar refractivity (Wildman–Crippen MR) is 143 cm³/mol. The van der Waals surface area contributed by atoms with Crippen molar-refractivity contribution in [2.45, 2.75) is 13.0 Å². The molecule has 0 fully saturated rings. The monoisotopic (exact) mass is 533 g/mol. The SMILES string of the molecule is COc1cc(C2C(C(=O)c3cc4cc(Cl)ccc4o3)=C(O)C(=O)N2c2cccc(C)c2)cc(OC)c1OC. The van der Waals surface area contributed by atoms with Crippen LogP contribution in [0.5, 0.6) is 17.2 Å². The molecule has 4 aromatic rings. The van der Waals surface area contributed by atoms with Crippen LogP contribution in [-0.2, 0) is 4.79 Å². The van der Waals surface area contributed by atoms with Gasteiger partial charge in [0.25, 0.3) is 5.91 Å². The Morgan fingerprint density at radius 1 is 0.974 bits per heavy atom. The minimum Gasteiger partial charge on any atom is -0.503 e. The van der Waals surface area contributed by atoms with Crippen molar-refractivity contribution in [1.82, 2.24) is 0 Å². The number of hydrogen-bond donors (Lipinski definition) is 1. The molecule has 1 unspecified atom stereocenters. The zero-order chi connectivity index (χ0) is 27.1. The van der Waals surface area contributed by atoms with Crippen molar-refractivity contribution < 1.29 is 33.3 Å². The lowest BCUT2D eigenvalue weighted by atomic mass is 9.94. The van der Waals surface area contributed by atoms with E-state index in [1.54, 1.807) is 48.5 Å². The molecule has 1 N–H and O–H groups in total. The Hall–Kier alpha value is -4.43. The number of benzene rings is 3. The molecule has 1 aliphatic rings. The third kappa shape index (κ3) is 4.13. The van der Waals surface area contributed by atoms with Crippen LogP contribution in [0.15, 0.2) is 76.4 Å². The van der Waals surface area contributed by atoms with Crippen LogP contribution in [0.1, 0.15) is 27.7 Å². The third-order valence-corrected chi connectivity index (χ3v) is 6.67. The summed E-state index contributed by atoms with van der Waals surface area (Å²) in [5.41, 5.74) is 2.16. The Bertz CT molecular complexity index is 1600. The maximum atomic E-state index is 13.9. The van der Waals surface area contributed by atoms with Gasteiger partial charge >= 0.3 is 0 Å². The number of Topliss-reactive ketones (excluding diaryl/α,β-unsaturated/α-hetero) is 1. The Morgan fingerprint density at radius 3 is 2.32 bits per heavy atom. The largest absolute Gasteiger partial charge is 0.503 e. The molecule has 1 aromatic heterocycles. The number of aliphatic hydroxyl groups is 1. The van der Waals surface area contributed by atoms with Crippen LogP contribution in [0.25, 0.3) is 11.0 Å². The second-order valence-corrected chi connectivity index (χ2v) is 9.20. The third-order valence-electron chi connectivity index (χ3n) is 6.44. The highest BCUT2D eigenvalue weighted by Gasteiger charge is 2.46. The van der Waals surface area contributed by atoms with Gasteiger partial charge in [-0.05, 0) is 66.6 Å². The number of methoxy groups -OCH3 is 3. The molecule has 0 bridgehead atoms. The first kappa shape index (κ1) is 25.2. The number of halogens is 1. The number of anilines is 1. The van der Waals surface area contributed by atoms with E-state index in [1.807, 2.05) is 13.0 Å². The number of ketones is 1. The molecular weight excluding hydrogens is 510 g/mol. The van der Waals surface area contributed by atoms with Gasteiger partial charge in [-0.1, -0.05) is 23.7 Å². The summed E-state index contributed by atoms with van der Waals surface area (Å²) >= 11 is 6.10. The number of fused-ring (bicyclic) bond motifs is 1. The first-order valence-electron chi connectivity index (χ1n) is 11.6. The summed E-state index contributed by atoms with van der Waals surface area (Å²) in [7, 11) is 4.42. The van der Waals surface area contributed by atoms with E-state index in [-0.39, 0.29) is 11.3 Å². The lowest BCUT2D eigenvalue weighted by molar-refractivity contribution is -0.117. The lowest BCUT2D eigenvalue weighted by Gasteiger charge is -2.28. The molecule has 1 amide bonds. The molecule has 1 atom stereocenters. The maximum Gasteiger partial charge on any atom is 0.294 e. The average molecular weight is 534 g/mol. The van der Waals surface area contributed by atoms with Crippen LogP contribution < -0.4 is 19.1 Å². The van der Waals surface area contributed by atoms with Gasteiger partial charge in [0, 0.05) is 16.1 Å². The highest BCUT2D eigenvalue weighted by Crippen LogP contribution is 2.47. The van der Waals surface area contributed by atoms with Crippen LogP contribution in [0.2, 0.25) is 5.02 Å². The molecule has 1 aliphatic heterocycles. The normalized spacial score (nSPS) is 15.3. The van der Waals surface area contributed by atoms with E-state index in [2.05, 4.69) is 0 Å². The van der Waals surface area contributed by atoms with Gasteiger partial charge in [0.05, 0.1) is 32.9 Å². The number of carbonyl (C=O) groups is 2. The summed E-state index contributed by atoms with van der Waals surface area (Å²) in [5.74, 6) is -1.08. The molecule has 0 radical (unpaired) electrons. The van der Waals surface area contributed by atoms with Crippen molar-refractivity contribution >= 4 is 39.9 Å². The number of nitrogens with zero attached hydrogens (tertiary/aromatic N) is 1. The topological polar surface area (TPSA) is 98.4 Å². The molecular formula is C29H24ClNO7. The number of ether oxygens (including phenoxy) is 3. The fourth-order valence-electron chi connectivity index (χ4n) is 4.71. The molecule has 0 spiro atoms. The Morgan fingerprint density at radius 2 is 1.68 bits per heavy atom. The van der Waals surface area contributed by atoms with E-state index in [0.717, 1.165) is 5.56 Å². The van der Waals surface area contributed by atoms with Crippen molar-refractivity contribution in [3.05, 3.63) is 93.9 Å². The molecule has 2 heterocycles. The van der Waals surface area contributed by atoms with E-state index >= 15 is 0 Å². The van der Waals surface area contributed by atoms with Gasteiger partial charge in [-0.25, -0.2) is 0 Å². The first-order valence-corrected chi connectivity index (χ1v) is 12.0. The fourth-order valence-corrected chi connectivity index (χ4v) is 4.90. The Kier molecular flexibility index (Phi) is 6.50. The lowest BCUT2D eigenvalue weighted by Crippen LogP contribution is -2.31. The van der Waals surface area contributed by atoms with Gasteiger partial charge in [-0.15, -0.1) is 0 Å². The van der Waals surface area contributed by atoms with E-state index in [0.29, 0.717) is 44.5 Å². The van der Waals surface area contributed by atoms with Gasteiger partial charge in [-0.3, -0.25) is 14.5 Å². The fraction of sp³-hybridized carbons (Fsp3) is 0.172. The van der Waals surface area contributed by atoms with Crippen molar-refractivity contribution in [1.29, 1.82) is 0 Å². The summed E-state index contributed by atoms with van der Waals surface area (Å²) < 4.78 is 22.3. The summed E-state index contributed by atoms with van der Waals surface area (Å²) in [6.07, 6.45) is 0. The number of rotatable bonds is 7. The maximum absolute atomic E-state index is 13.9. The second-order valence-electron chi connectivity index (χ2n) is 8.76. The smallest absolute Gasteiger partial charge is 0.294 e. The molecule has 3 aromatic carbocycles. The van der Waals surface area contributed by atoms with Crippen molar-refractivity contribution in [3.8, 4) is 17.2 Å². The number of amides is 1. The minimum absolute atomic E-state index is 0.0415. The summed E-state index contributed by atoms with van der Waals surface area (Å²) in [4.78, 5) is 28.8. The van der Waals surface area contributed by atoms with E-state index < -0.39 is 23.5 Å². The minimum atomic E-state index is -1.03. The number of hydrogen-bond acceptors (Lipinski definition) is 7. The van der Waals surface area contributed by atoms with Crippen molar-refractivity contribution in [3.63, 3.8) is 0 Å². The van der Waals surface area contributed by atoms with Crippen LogP contribution in [-0.4, -0.2) is 38.1 Å². The van der Waals surface area contributed by atoms with Crippen LogP contribution in [0.4, 0.5) is 5.69 Å². The summed E-state index contributed by atoms with van der Waals surface area (Å²) in [6, 6.07) is 16.0. The zero-order valence-corrected chi connectivity index (χ0v) is 21.8. The van der Waals surface area contributed by atoms with Gasteiger partial charge < -0.3 is 23.7 Å². The molecule has 8 nitrogen and oxygen atoms in total. The number of aliphatic hydroxyl groups excluding tert-OH is 1. The van der Waals surface area contributed by atoms with E-state index in [1.165, 1.54) is 32.3 Å². The summed E-state index contributed by atoms with van der Waals surface area (Å²) in [5, 5.41) is 12.2. The molecule has 194 valence electrons. The van der Waals surface area contributed by atoms with Crippen molar-refractivity contribution in [2.75, 3.05) is 26.2 Å². The molecule has 9 heteroatoms. The van der Waals surface area contributed by atoms with Gasteiger partial charge in [0.15, 0.2) is 23.0 Å². The Labute approximate surface area is 223 Å². The highest BCUT2D eigenvalue weighted by molar-refractivity contribution is 6.31.